The van der Waals surface area contributed by atoms with Crippen molar-refractivity contribution in [2.24, 2.45) is 4.99 Å². The van der Waals surface area contributed by atoms with Crippen molar-refractivity contribution in [3.8, 4) is 22.8 Å². The highest BCUT2D eigenvalue weighted by Crippen LogP contribution is 2.34. The van der Waals surface area contributed by atoms with Crippen molar-refractivity contribution in [1.82, 2.24) is 14.8 Å². The molecule has 1 aliphatic heterocycles. The van der Waals surface area contributed by atoms with Gasteiger partial charge in [0, 0.05) is 18.2 Å². The smallest absolute Gasteiger partial charge is 0.406 e. The normalized spacial score (nSPS) is 15.2. The lowest BCUT2D eigenvalue weighted by Crippen LogP contribution is -2.31. The Morgan fingerprint density at radius 1 is 1.12 bits per heavy atom. The van der Waals surface area contributed by atoms with Crippen LogP contribution in [0.5, 0.6) is 5.75 Å². The molecule has 4 aromatic rings. The molecule has 43 heavy (non-hydrogen) atoms. The van der Waals surface area contributed by atoms with E-state index in [1.54, 1.807) is 19.2 Å². The van der Waals surface area contributed by atoms with Crippen LogP contribution in [0.2, 0.25) is 0 Å². The number of halogens is 4. The van der Waals surface area contributed by atoms with Gasteiger partial charge in [0.15, 0.2) is 11.0 Å². The Balaban J connectivity index is 1.30. The van der Waals surface area contributed by atoms with Gasteiger partial charge in [0.05, 0.1) is 28.9 Å². The predicted octanol–water partition coefficient (Wildman–Crippen LogP) is 6.35. The molecule has 1 fully saturated rings. The Morgan fingerprint density at radius 3 is 2.56 bits per heavy atom. The first-order valence-electron chi connectivity index (χ1n) is 12.6. The summed E-state index contributed by atoms with van der Waals surface area (Å²) in [7, 11) is 1.55. The maximum absolute atomic E-state index is 15.0. The molecule has 0 saturated carbocycles. The Kier molecular flexibility index (Phi) is 8.45. The van der Waals surface area contributed by atoms with Crippen molar-refractivity contribution < 1.29 is 36.6 Å². The number of thioether (sulfide) groups is 1. The van der Waals surface area contributed by atoms with E-state index in [1.165, 1.54) is 40.2 Å². The first kappa shape index (κ1) is 29.7. The van der Waals surface area contributed by atoms with Crippen molar-refractivity contribution in [1.29, 1.82) is 0 Å². The number of benzene rings is 3. The SMILES string of the molecule is COC(C)c1ccccc1N1C(=O)CSC1=NC(=O)Nc1ccc(-c2ncn(-c3ccc(OC(F)(F)F)cc3)n2)cc1F. The van der Waals surface area contributed by atoms with Crippen LogP contribution in [0.3, 0.4) is 0 Å². The highest BCUT2D eigenvalue weighted by Gasteiger charge is 2.33. The number of ether oxygens (including phenoxy) is 2. The number of alkyl halides is 3. The van der Waals surface area contributed by atoms with E-state index in [9.17, 15) is 27.2 Å². The van der Waals surface area contributed by atoms with Gasteiger partial charge in [0.2, 0.25) is 5.91 Å². The third-order valence-corrected chi connectivity index (χ3v) is 7.15. The fraction of sp³-hybridized carbons (Fsp3) is 0.179. The standard InChI is InChI=1S/C28H22F4N6O4S/c1-16(41-2)20-5-3-4-6-23(20)38-24(39)14-43-27(38)35-26(40)34-22-12-7-17(13-21(22)29)25-33-15-37(36-25)18-8-10-19(11-9-18)42-28(30,31)32/h3-13,15-16H,14H2,1-2H3,(H,34,40). The molecule has 0 spiro atoms. The quantitative estimate of drug-likeness (QED) is 0.242. The van der Waals surface area contributed by atoms with Crippen LogP contribution in [0.15, 0.2) is 78.0 Å². The molecule has 1 atom stereocenters. The Labute approximate surface area is 246 Å². The summed E-state index contributed by atoms with van der Waals surface area (Å²) in [6.07, 6.45) is -3.82. The molecule has 3 amide bonds. The van der Waals surface area contributed by atoms with Crippen LogP contribution in [0.25, 0.3) is 17.1 Å². The fourth-order valence-electron chi connectivity index (χ4n) is 4.15. The number of hydrogen-bond acceptors (Lipinski definition) is 7. The van der Waals surface area contributed by atoms with Crippen LogP contribution in [-0.4, -0.2) is 51.1 Å². The van der Waals surface area contributed by atoms with E-state index >= 15 is 0 Å². The number of amides is 3. The van der Waals surface area contributed by atoms with E-state index in [-0.39, 0.29) is 40.0 Å². The van der Waals surface area contributed by atoms with Crippen LogP contribution in [-0.2, 0) is 9.53 Å². The molecule has 2 heterocycles. The van der Waals surface area contributed by atoms with Crippen LogP contribution in [0, 0.1) is 5.82 Å². The molecule has 5 rings (SSSR count). The minimum atomic E-state index is -4.81. The molecule has 1 aliphatic rings. The second-order valence-electron chi connectivity index (χ2n) is 9.03. The lowest BCUT2D eigenvalue weighted by molar-refractivity contribution is -0.274. The van der Waals surface area contributed by atoms with E-state index < -0.39 is 24.0 Å². The lowest BCUT2D eigenvalue weighted by atomic mass is 10.1. The van der Waals surface area contributed by atoms with Gasteiger partial charge < -0.3 is 14.8 Å². The number of aromatic nitrogens is 3. The van der Waals surface area contributed by atoms with Gasteiger partial charge in [-0.15, -0.1) is 18.3 Å². The van der Waals surface area contributed by atoms with Crippen LogP contribution in [0.4, 0.5) is 33.7 Å². The number of rotatable bonds is 7. The van der Waals surface area contributed by atoms with Crippen molar-refractivity contribution in [3.05, 3.63) is 84.4 Å². The number of anilines is 2. The minimum Gasteiger partial charge on any atom is -0.406 e. The molecule has 1 aromatic heterocycles. The summed E-state index contributed by atoms with van der Waals surface area (Å²) in [5, 5.41) is 6.77. The molecular weight excluding hydrogens is 592 g/mol. The highest BCUT2D eigenvalue weighted by molar-refractivity contribution is 8.15. The number of urea groups is 1. The molecule has 0 bridgehead atoms. The summed E-state index contributed by atoms with van der Waals surface area (Å²) < 4.78 is 62.7. The third kappa shape index (κ3) is 6.84. The summed E-state index contributed by atoms with van der Waals surface area (Å²) in [5.74, 6) is -1.23. The number of nitrogens with one attached hydrogen (secondary N) is 1. The van der Waals surface area contributed by atoms with Crippen molar-refractivity contribution >= 4 is 40.2 Å². The first-order valence-corrected chi connectivity index (χ1v) is 13.6. The van der Waals surface area contributed by atoms with E-state index in [0.717, 1.165) is 35.5 Å². The molecule has 0 radical (unpaired) electrons. The maximum Gasteiger partial charge on any atom is 0.573 e. The largest absolute Gasteiger partial charge is 0.573 e. The maximum atomic E-state index is 15.0. The van der Waals surface area contributed by atoms with Gasteiger partial charge in [-0.25, -0.2) is 18.9 Å². The number of nitrogens with zero attached hydrogens (tertiary/aromatic N) is 5. The zero-order chi connectivity index (χ0) is 30.7. The second kappa shape index (κ2) is 12.2. The van der Waals surface area contributed by atoms with Gasteiger partial charge in [0.25, 0.3) is 0 Å². The Bertz CT molecular complexity index is 1690. The van der Waals surface area contributed by atoms with Gasteiger partial charge in [-0.2, -0.15) is 4.99 Å². The third-order valence-electron chi connectivity index (χ3n) is 6.23. The summed E-state index contributed by atoms with van der Waals surface area (Å²) in [6, 6.07) is 15.1. The first-order chi connectivity index (χ1) is 20.5. The topological polar surface area (TPSA) is 111 Å². The Hall–Kier alpha value is -4.76. The molecule has 1 N–H and O–H groups in total. The van der Waals surface area contributed by atoms with Crippen molar-refractivity contribution in [2.75, 3.05) is 23.1 Å². The van der Waals surface area contributed by atoms with Gasteiger partial charge in [-0.1, -0.05) is 30.0 Å². The zero-order valence-electron chi connectivity index (χ0n) is 22.5. The van der Waals surface area contributed by atoms with Crippen molar-refractivity contribution in [3.63, 3.8) is 0 Å². The number of aliphatic imine (C=N–C) groups is 1. The lowest BCUT2D eigenvalue weighted by Gasteiger charge is -2.22. The van der Waals surface area contributed by atoms with E-state index in [2.05, 4.69) is 25.1 Å². The van der Waals surface area contributed by atoms with Crippen LogP contribution >= 0.6 is 11.8 Å². The number of para-hydroxylation sites is 1. The summed E-state index contributed by atoms with van der Waals surface area (Å²) in [5.41, 5.74) is 1.79. The number of methoxy groups -OCH3 is 1. The van der Waals surface area contributed by atoms with E-state index in [1.807, 2.05) is 19.1 Å². The van der Waals surface area contributed by atoms with Crippen LogP contribution in [0.1, 0.15) is 18.6 Å². The second-order valence-corrected chi connectivity index (χ2v) is 9.97. The predicted molar refractivity (Wildman–Crippen MR) is 152 cm³/mol. The Morgan fingerprint density at radius 2 is 1.86 bits per heavy atom. The molecular formula is C28H22F4N6O4S. The molecule has 222 valence electrons. The van der Waals surface area contributed by atoms with E-state index in [0.29, 0.717) is 11.4 Å². The van der Waals surface area contributed by atoms with Gasteiger partial charge >= 0.3 is 12.4 Å². The van der Waals surface area contributed by atoms with Gasteiger partial charge in [-0.05, 0) is 55.5 Å². The average Bonchev–Trinajstić information content (AvgIpc) is 3.60. The number of carbonyl (C=O) groups is 2. The monoisotopic (exact) mass is 614 g/mol. The summed E-state index contributed by atoms with van der Waals surface area (Å²) in [4.78, 5) is 34.9. The van der Waals surface area contributed by atoms with Crippen LogP contribution < -0.4 is 15.0 Å². The minimum absolute atomic E-state index is 0.0794. The molecule has 1 unspecified atom stereocenters. The van der Waals surface area contributed by atoms with Gasteiger partial charge in [-0.3, -0.25) is 9.69 Å². The fourth-order valence-corrected chi connectivity index (χ4v) is 5.01. The number of carbonyl (C=O) groups excluding carboxylic acids is 2. The number of hydrogen-bond donors (Lipinski definition) is 1. The molecule has 3 aromatic carbocycles. The summed E-state index contributed by atoms with van der Waals surface area (Å²) in [6.45, 7) is 1.83. The molecule has 1 saturated heterocycles. The average molecular weight is 615 g/mol. The highest BCUT2D eigenvalue weighted by atomic mass is 32.2. The number of amidine groups is 1. The van der Waals surface area contributed by atoms with E-state index in [4.69, 9.17) is 4.74 Å². The molecule has 15 heteroatoms. The molecule has 10 nitrogen and oxygen atoms in total. The van der Waals surface area contributed by atoms with Gasteiger partial charge in [0.1, 0.15) is 17.9 Å². The summed E-state index contributed by atoms with van der Waals surface area (Å²) >= 11 is 1.08. The molecule has 0 aliphatic carbocycles. The van der Waals surface area contributed by atoms with Crippen molar-refractivity contribution in [2.45, 2.75) is 19.4 Å². The zero-order valence-corrected chi connectivity index (χ0v) is 23.3.